The van der Waals surface area contributed by atoms with Crippen LogP contribution in [-0.4, -0.2) is 14.9 Å². The van der Waals surface area contributed by atoms with E-state index in [1.807, 2.05) is 0 Å². The second-order valence-corrected chi connectivity index (χ2v) is 4.12. The molecule has 72 valence electrons. The van der Waals surface area contributed by atoms with Gasteiger partial charge in [-0.2, -0.15) is 0 Å². The summed E-state index contributed by atoms with van der Waals surface area (Å²) < 4.78 is 1.84. The van der Waals surface area contributed by atoms with E-state index >= 15 is 0 Å². The van der Waals surface area contributed by atoms with Gasteiger partial charge in [0.2, 0.25) is 0 Å². The zero-order valence-electron chi connectivity index (χ0n) is 6.72. The molecule has 6 heteroatoms. The van der Waals surface area contributed by atoms with Gasteiger partial charge in [-0.3, -0.25) is 14.3 Å². The number of aromatic nitrogens is 2. The first-order valence-electron chi connectivity index (χ1n) is 3.70. The SMILES string of the molecule is O=c1[nH]c(=O)n(CCCBr)cc1Br. The monoisotopic (exact) mass is 310 g/mol. The standard InChI is InChI=1S/C7H8Br2N2O2/c8-2-1-3-11-4-5(9)6(12)10-7(11)13/h4H,1-3H2,(H,10,12,13). The molecule has 0 atom stereocenters. The van der Waals surface area contributed by atoms with E-state index in [1.165, 1.54) is 10.8 Å². The number of nitrogens with zero attached hydrogens (tertiary/aromatic N) is 1. The maximum atomic E-state index is 11.2. The predicted molar refractivity (Wildman–Crippen MR) is 57.4 cm³/mol. The van der Waals surface area contributed by atoms with Crippen LogP contribution >= 0.6 is 31.9 Å². The molecule has 1 aromatic rings. The molecule has 13 heavy (non-hydrogen) atoms. The maximum absolute atomic E-state index is 11.2. The van der Waals surface area contributed by atoms with Crippen LogP contribution in [0.5, 0.6) is 0 Å². The van der Waals surface area contributed by atoms with Gasteiger partial charge in [-0.15, -0.1) is 0 Å². The Kier molecular flexibility index (Phi) is 3.92. The van der Waals surface area contributed by atoms with Gasteiger partial charge in [-0.25, -0.2) is 4.79 Å². The number of aryl methyl sites for hydroxylation is 1. The van der Waals surface area contributed by atoms with Gasteiger partial charge < -0.3 is 0 Å². The molecule has 0 saturated carbocycles. The van der Waals surface area contributed by atoms with Gasteiger partial charge in [-0.1, -0.05) is 15.9 Å². The molecule has 0 aliphatic rings. The molecule has 0 aliphatic heterocycles. The summed E-state index contributed by atoms with van der Waals surface area (Å²) in [5, 5.41) is 0.830. The molecular weight excluding hydrogens is 304 g/mol. The average molecular weight is 312 g/mol. The van der Waals surface area contributed by atoms with Crippen molar-refractivity contribution in [1.82, 2.24) is 9.55 Å². The quantitative estimate of drug-likeness (QED) is 0.849. The van der Waals surface area contributed by atoms with Crippen molar-refractivity contribution in [2.24, 2.45) is 0 Å². The number of hydrogen-bond donors (Lipinski definition) is 1. The summed E-state index contributed by atoms with van der Waals surface area (Å²) >= 11 is 6.32. The summed E-state index contributed by atoms with van der Waals surface area (Å²) in [7, 11) is 0. The highest BCUT2D eigenvalue weighted by Crippen LogP contribution is 1.99. The molecule has 0 aromatic carbocycles. The molecule has 0 unspecified atom stereocenters. The number of alkyl halides is 1. The summed E-state index contributed by atoms with van der Waals surface area (Å²) in [5.74, 6) is 0. The first-order chi connectivity index (χ1) is 6.15. The van der Waals surface area contributed by atoms with Gasteiger partial charge in [0.1, 0.15) is 0 Å². The Morgan fingerprint density at radius 2 is 2.15 bits per heavy atom. The fraction of sp³-hybridized carbons (Fsp3) is 0.429. The van der Waals surface area contributed by atoms with E-state index in [-0.39, 0.29) is 11.2 Å². The number of nitrogens with one attached hydrogen (secondary N) is 1. The van der Waals surface area contributed by atoms with Crippen LogP contribution in [0.15, 0.2) is 20.3 Å². The second kappa shape index (κ2) is 4.76. The number of hydrogen-bond acceptors (Lipinski definition) is 2. The lowest BCUT2D eigenvalue weighted by atomic mass is 10.5. The molecular formula is C7H8Br2N2O2. The Morgan fingerprint density at radius 1 is 1.46 bits per heavy atom. The lowest BCUT2D eigenvalue weighted by Gasteiger charge is -2.02. The highest BCUT2D eigenvalue weighted by molar-refractivity contribution is 9.10. The Hall–Kier alpha value is -0.360. The van der Waals surface area contributed by atoms with Crippen LogP contribution in [-0.2, 0) is 6.54 Å². The van der Waals surface area contributed by atoms with Crippen molar-refractivity contribution in [3.05, 3.63) is 31.5 Å². The largest absolute Gasteiger partial charge is 0.328 e. The van der Waals surface area contributed by atoms with Crippen molar-refractivity contribution in [3.63, 3.8) is 0 Å². The van der Waals surface area contributed by atoms with Crippen LogP contribution in [0.25, 0.3) is 0 Å². The van der Waals surface area contributed by atoms with Crippen molar-refractivity contribution in [2.75, 3.05) is 5.33 Å². The lowest BCUT2D eigenvalue weighted by molar-refractivity contribution is 0.634. The van der Waals surface area contributed by atoms with Crippen LogP contribution in [0.3, 0.4) is 0 Å². The fourth-order valence-corrected chi connectivity index (χ4v) is 1.48. The minimum Gasteiger partial charge on any atom is -0.299 e. The van der Waals surface area contributed by atoms with Gasteiger partial charge in [0.25, 0.3) is 5.56 Å². The molecule has 1 aromatic heterocycles. The van der Waals surface area contributed by atoms with Gasteiger partial charge in [0.15, 0.2) is 0 Å². The summed E-state index contributed by atoms with van der Waals surface area (Å²) in [6, 6.07) is 0. The summed E-state index contributed by atoms with van der Waals surface area (Å²) in [6.45, 7) is 0.597. The molecule has 0 radical (unpaired) electrons. The predicted octanol–water partition coefficient (Wildman–Crippen LogP) is 1.08. The van der Waals surface area contributed by atoms with Crippen LogP contribution in [0, 0.1) is 0 Å². The minimum absolute atomic E-state index is 0.367. The van der Waals surface area contributed by atoms with E-state index in [9.17, 15) is 9.59 Å². The first-order valence-corrected chi connectivity index (χ1v) is 5.62. The second-order valence-electron chi connectivity index (χ2n) is 2.47. The topological polar surface area (TPSA) is 54.9 Å². The molecule has 0 amide bonds. The molecule has 0 fully saturated rings. The minimum atomic E-state index is -0.389. The lowest BCUT2D eigenvalue weighted by Crippen LogP contribution is -2.29. The summed E-state index contributed by atoms with van der Waals surface area (Å²) in [5.41, 5.74) is -0.755. The Labute approximate surface area is 91.2 Å². The number of rotatable bonds is 3. The van der Waals surface area contributed by atoms with Gasteiger partial charge in [0, 0.05) is 18.1 Å². The van der Waals surface area contributed by atoms with Crippen LogP contribution in [0.4, 0.5) is 0 Å². The molecule has 0 bridgehead atoms. The van der Waals surface area contributed by atoms with E-state index in [1.54, 1.807) is 0 Å². The van der Waals surface area contributed by atoms with Crippen molar-refractivity contribution in [3.8, 4) is 0 Å². The van der Waals surface area contributed by atoms with Crippen molar-refractivity contribution < 1.29 is 0 Å². The third kappa shape index (κ3) is 2.80. The van der Waals surface area contributed by atoms with Crippen LogP contribution < -0.4 is 11.2 Å². The maximum Gasteiger partial charge on any atom is 0.328 e. The highest BCUT2D eigenvalue weighted by Gasteiger charge is 2.00. The van der Waals surface area contributed by atoms with E-state index in [4.69, 9.17) is 0 Å². The molecule has 0 saturated heterocycles. The number of aromatic amines is 1. The number of H-pyrrole nitrogens is 1. The molecule has 1 rings (SSSR count). The van der Waals surface area contributed by atoms with Gasteiger partial charge in [0.05, 0.1) is 4.47 Å². The van der Waals surface area contributed by atoms with Gasteiger partial charge >= 0.3 is 5.69 Å². The van der Waals surface area contributed by atoms with Crippen molar-refractivity contribution >= 4 is 31.9 Å². The van der Waals surface area contributed by atoms with Gasteiger partial charge in [-0.05, 0) is 22.4 Å². The van der Waals surface area contributed by atoms with Crippen LogP contribution in [0.1, 0.15) is 6.42 Å². The molecule has 1 heterocycles. The molecule has 4 nitrogen and oxygen atoms in total. The zero-order chi connectivity index (χ0) is 9.84. The third-order valence-corrected chi connectivity index (χ3v) is 2.63. The average Bonchev–Trinajstić information content (AvgIpc) is 2.09. The molecule has 1 N–H and O–H groups in total. The van der Waals surface area contributed by atoms with E-state index in [0.29, 0.717) is 11.0 Å². The number of halogens is 2. The Balaban J connectivity index is 3.02. The first kappa shape index (κ1) is 10.7. The van der Waals surface area contributed by atoms with E-state index < -0.39 is 0 Å². The van der Waals surface area contributed by atoms with E-state index in [0.717, 1.165) is 11.8 Å². The highest BCUT2D eigenvalue weighted by atomic mass is 79.9. The Bertz CT molecular complexity index is 396. The normalized spacial score (nSPS) is 10.3. The molecule has 0 aliphatic carbocycles. The van der Waals surface area contributed by atoms with E-state index in [2.05, 4.69) is 36.8 Å². The fourth-order valence-electron chi connectivity index (χ4n) is 0.879. The molecule has 0 spiro atoms. The Morgan fingerprint density at radius 3 is 2.77 bits per heavy atom. The smallest absolute Gasteiger partial charge is 0.299 e. The summed E-state index contributed by atoms with van der Waals surface area (Å²) in [6.07, 6.45) is 2.35. The third-order valence-electron chi connectivity index (χ3n) is 1.50. The van der Waals surface area contributed by atoms with Crippen molar-refractivity contribution in [2.45, 2.75) is 13.0 Å². The zero-order valence-corrected chi connectivity index (χ0v) is 9.89. The summed E-state index contributed by atoms with van der Waals surface area (Å²) in [4.78, 5) is 24.3. The van der Waals surface area contributed by atoms with Crippen LogP contribution in [0.2, 0.25) is 0 Å². The van der Waals surface area contributed by atoms with Crippen molar-refractivity contribution in [1.29, 1.82) is 0 Å².